The topological polar surface area (TPSA) is 86.6 Å². The number of carboxylic acids is 2. The molecule has 0 aromatic rings. The van der Waals surface area contributed by atoms with Crippen molar-refractivity contribution in [2.24, 2.45) is 0 Å². The van der Waals surface area contributed by atoms with E-state index in [0.29, 0.717) is 6.42 Å². The van der Waals surface area contributed by atoms with E-state index in [2.05, 4.69) is 5.32 Å². The third kappa shape index (κ3) is 4.68. The van der Waals surface area contributed by atoms with Gasteiger partial charge in [-0.3, -0.25) is 9.59 Å². The molecule has 1 atom stereocenters. The molecule has 70 valence electrons. The number of aliphatic carboxylic acids is 2. The van der Waals surface area contributed by atoms with Gasteiger partial charge in [-0.1, -0.05) is 6.92 Å². The van der Waals surface area contributed by atoms with Gasteiger partial charge in [-0.25, -0.2) is 0 Å². The molecular formula is C7H13NO4. The molecule has 0 saturated carbocycles. The van der Waals surface area contributed by atoms with Crippen LogP contribution in [0.2, 0.25) is 0 Å². The molecule has 12 heavy (non-hydrogen) atoms. The van der Waals surface area contributed by atoms with E-state index in [1.807, 2.05) is 0 Å². The van der Waals surface area contributed by atoms with E-state index in [0.717, 1.165) is 0 Å². The van der Waals surface area contributed by atoms with Crippen LogP contribution in [0.4, 0.5) is 0 Å². The van der Waals surface area contributed by atoms with Crippen LogP contribution in [0.25, 0.3) is 0 Å². The standard InChI is InChI=1S/C7H13NO4/c1-2-5(7(11)12)8-4-3-6(9)10/h5,8H,2-4H2,1H3,(H,9,10)(H,11,12). The van der Waals surface area contributed by atoms with Crippen LogP contribution < -0.4 is 5.32 Å². The summed E-state index contributed by atoms with van der Waals surface area (Å²) in [4.78, 5) is 20.4. The minimum absolute atomic E-state index is 0.0518. The Balaban J connectivity index is 3.59. The van der Waals surface area contributed by atoms with Crippen molar-refractivity contribution in [1.82, 2.24) is 5.32 Å². The second-order valence-electron chi connectivity index (χ2n) is 2.40. The maximum absolute atomic E-state index is 10.4. The summed E-state index contributed by atoms with van der Waals surface area (Å²) in [6, 6.07) is -0.635. The predicted molar refractivity (Wildman–Crippen MR) is 42.0 cm³/mol. The zero-order valence-electron chi connectivity index (χ0n) is 6.91. The van der Waals surface area contributed by atoms with E-state index in [1.165, 1.54) is 0 Å². The van der Waals surface area contributed by atoms with Gasteiger partial charge in [-0.15, -0.1) is 0 Å². The Morgan fingerprint density at radius 3 is 2.33 bits per heavy atom. The molecule has 3 N–H and O–H groups in total. The molecule has 0 aromatic heterocycles. The van der Waals surface area contributed by atoms with Crippen molar-refractivity contribution >= 4 is 11.9 Å². The highest BCUT2D eigenvalue weighted by Gasteiger charge is 2.13. The first-order valence-corrected chi connectivity index (χ1v) is 3.76. The summed E-state index contributed by atoms with van der Waals surface area (Å²) in [5.74, 6) is -1.87. The van der Waals surface area contributed by atoms with Crippen LogP contribution in [0.3, 0.4) is 0 Å². The number of nitrogens with one attached hydrogen (secondary N) is 1. The highest BCUT2D eigenvalue weighted by molar-refractivity contribution is 5.73. The monoisotopic (exact) mass is 175 g/mol. The van der Waals surface area contributed by atoms with Crippen LogP contribution in [0.15, 0.2) is 0 Å². The maximum Gasteiger partial charge on any atom is 0.320 e. The molecule has 5 nitrogen and oxygen atoms in total. The van der Waals surface area contributed by atoms with Crippen LogP contribution in [-0.2, 0) is 9.59 Å². The van der Waals surface area contributed by atoms with Crippen LogP contribution in [0.1, 0.15) is 19.8 Å². The van der Waals surface area contributed by atoms with E-state index in [1.54, 1.807) is 6.92 Å². The van der Waals surface area contributed by atoms with Gasteiger partial charge in [0, 0.05) is 6.54 Å². The van der Waals surface area contributed by atoms with E-state index < -0.39 is 18.0 Å². The summed E-state index contributed by atoms with van der Waals surface area (Å²) < 4.78 is 0. The Morgan fingerprint density at radius 1 is 1.42 bits per heavy atom. The molecule has 0 amide bonds. The first kappa shape index (κ1) is 10.9. The lowest BCUT2D eigenvalue weighted by atomic mass is 10.2. The molecule has 0 bridgehead atoms. The number of carboxylic acid groups (broad SMARTS) is 2. The minimum Gasteiger partial charge on any atom is -0.481 e. The molecule has 0 saturated heterocycles. The summed E-state index contributed by atoms with van der Waals surface area (Å²) in [6.07, 6.45) is 0.402. The van der Waals surface area contributed by atoms with Gasteiger partial charge < -0.3 is 15.5 Å². The SMILES string of the molecule is CCC(NCCC(=O)O)C(=O)O. The van der Waals surface area contributed by atoms with E-state index in [-0.39, 0.29) is 13.0 Å². The van der Waals surface area contributed by atoms with Crippen molar-refractivity contribution in [3.63, 3.8) is 0 Å². The third-order valence-corrected chi connectivity index (χ3v) is 1.44. The van der Waals surface area contributed by atoms with Crippen LogP contribution in [0.5, 0.6) is 0 Å². The molecule has 0 aliphatic rings. The lowest BCUT2D eigenvalue weighted by Crippen LogP contribution is -2.37. The molecule has 0 spiro atoms. The van der Waals surface area contributed by atoms with Gasteiger partial charge in [0.2, 0.25) is 0 Å². The Hall–Kier alpha value is -1.10. The number of hydrogen-bond donors (Lipinski definition) is 3. The van der Waals surface area contributed by atoms with Crippen molar-refractivity contribution in [2.45, 2.75) is 25.8 Å². The highest BCUT2D eigenvalue weighted by atomic mass is 16.4. The largest absolute Gasteiger partial charge is 0.481 e. The fraction of sp³-hybridized carbons (Fsp3) is 0.714. The summed E-state index contributed by atoms with van der Waals surface area (Å²) in [5, 5.41) is 19.4. The average molecular weight is 175 g/mol. The van der Waals surface area contributed by atoms with Crippen molar-refractivity contribution in [3.05, 3.63) is 0 Å². The molecule has 5 heteroatoms. The van der Waals surface area contributed by atoms with Gasteiger partial charge in [0.05, 0.1) is 6.42 Å². The molecule has 0 radical (unpaired) electrons. The smallest absolute Gasteiger partial charge is 0.320 e. The zero-order chi connectivity index (χ0) is 9.56. The number of rotatable bonds is 6. The maximum atomic E-state index is 10.4. The number of carbonyl (C=O) groups is 2. The van der Waals surface area contributed by atoms with E-state index in [9.17, 15) is 9.59 Å². The molecule has 0 aliphatic carbocycles. The van der Waals surface area contributed by atoms with E-state index in [4.69, 9.17) is 10.2 Å². The van der Waals surface area contributed by atoms with Crippen molar-refractivity contribution in [1.29, 1.82) is 0 Å². The average Bonchev–Trinajstić information content (AvgIpc) is 1.96. The minimum atomic E-state index is -0.942. The second kappa shape index (κ2) is 5.54. The fourth-order valence-corrected chi connectivity index (χ4v) is 0.760. The van der Waals surface area contributed by atoms with Gasteiger partial charge in [0.15, 0.2) is 0 Å². The summed E-state index contributed by atoms with van der Waals surface area (Å²) in [7, 11) is 0. The van der Waals surface area contributed by atoms with Crippen LogP contribution in [-0.4, -0.2) is 34.7 Å². The molecule has 0 aromatic carbocycles. The summed E-state index contributed by atoms with van der Waals surface area (Å²) in [6.45, 7) is 1.92. The fourth-order valence-electron chi connectivity index (χ4n) is 0.760. The quantitative estimate of drug-likeness (QED) is 0.525. The van der Waals surface area contributed by atoms with Crippen molar-refractivity contribution in [3.8, 4) is 0 Å². The highest BCUT2D eigenvalue weighted by Crippen LogP contribution is 1.90. The summed E-state index contributed by atoms with van der Waals surface area (Å²) >= 11 is 0. The first-order chi connectivity index (χ1) is 5.57. The Bertz CT molecular complexity index is 169. The third-order valence-electron chi connectivity index (χ3n) is 1.44. The van der Waals surface area contributed by atoms with Gasteiger partial charge >= 0.3 is 11.9 Å². The van der Waals surface area contributed by atoms with Crippen LogP contribution in [0, 0.1) is 0 Å². The first-order valence-electron chi connectivity index (χ1n) is 3.76. The molecule has 0 fully saturated rings. The van der Waals surface area contributed by atoms with Crippen molar-refractivity contribution in [2.75, 3.05) is 6.54 Å². The van der Waals surface area contributed by atoms with Gasteiger partial charge in [-0.05, 0) is 6.42 Å². The summed E-state index contributed by atoms with van der Waals surface area (Å²) in [5.41, 5.74) is 0. The van der Waals surface area contributed by atoms with Gasteiger partial charge in [0.1, 0.15) is 6.04 Å². The second-order valence-corrected chi connectivity index (χ2v) is 2.40. The molecule has 0 rings (SSSR count). The Morgan fingerprint density at radius 2 is 2.00 bits per heavy atom. The predicted octanol–water partition coefficient (Wildman–Crippen LogP) is -0.0861. The normalized spacial score (nSPS) is 12.4. The zero-order valence-corrected chi connectivity index (χ0v) is 6.91. The van der Waals surface area contributed by atoms with Gasteiger partial charge in [-0.2, -0.15) is 0 Å². The molecule has 1 unspecified atom stereocenters. The van der Waals surface area contributed by atoms with E-state index >= 15 is 0 Å². The molecule has 0 heterocycles. The Labute approximate surface area is 70.4 Å². The van der Waals surface area contributed by atoms with Crippen LogP contribution >= 0.6 is 0 Å². The number of hydrogen-bond acceptors (Lipinski definition) is 3. The lowest BCUT2D eigenvalue weighted by molar-refractivity contribution is -0.141. The molecule has 0 aliphatic heterocycles. The lowest BCUT2D eigenvalue weighted by Gasteiger charge is -2.10. The molecular weight excluding hydrogens is 162 g/mol. The van der Waals surface area contributed by atoms with Gasteiger partial charge in [0.25, 0.3) is 0 Å². The van der Waals surface area contributed by atoms with Crippen molar-refractivity contribution < 1.29 is 19.8 Å². The Kier molecular flexibility index (Phi) is 5.03.